The van der Waals surface area contributed by atoms with Gasteiger partial charge in [-0.05, 0) is 28.8 Å². The van der Waals surface area contributed by atoms with Crippen LogP contribution in [0.25, 0.3) is 11.1 Å². The molecule has 0 aliphatic rings. The van der Waals surface area contributed by atoms with Gasteiger partial charge in [0.25, 0.3) is 0 Å². The Morgan fingerprint density at radius 3 is 2.17 bits per heavy atom. The van der Waals surface area contributed by atoms with E-state index in [-0.39, 0.29) is 17.1 Å². The van der Waals surface area contributed by atoms with E-state index in [9.17, 15) is 23.6 Å². The molecule has 1 atom stereocenters. The fourth-order valence-corrected chi connectivity index (χ4v) is 3.87. The lowest BCUT2D eigenvalue weighted by molar-refractivity contribution is -0.386. The van der Waals surface area contributed by atoms with Crippen LogP contribution in [0.1, 0.15) is 11.7 Å². The number of nitrogens with zero attached hydrogens (tertiary/aromatic N) is 1. The Morgan fingerprint density at radius 2 is 1.59 bits per heavy atom. The zero-order chi connectivity index (χ0) is 21.0. The van der Waals surface area contributed by atoms with Crippen LogP contribution in [-0.2, 0) is 9.84 Å². The minimum Gasteiger partial charge on any atom is -0.387 e. The molecule has 0 fully saturated rings. The van der Waals surface area contributed by atoms with Crippen molar-refractivity contribution in [1.82, 2.24) is 0 Å². The summed E-state index contributed by atoms with van der Waals surface area (Å²) < 4.78 is 23.7. The molecule has 2 N–H and O–H groups in total. The van der Waals surface area contributed by atoms with Crippen LogP contribution in [-0.4, -0.2) is 31.2 Å². The molecule has 0 aromatic heterocycles. The molecule has 7 nitrogen and oxygen atoms in total. The molecule has 0 saturated heterocycles. The van der Waals surface area contributed by atoms with Gasteiger partial charge in [-0.15, -0.1) is 0 Å². The number of para-hydroxylation sites is 1. The summed E-state index contributed by atoms with van der Waals surface area (Å²) in [7, 11) is -3.77. The van der Waals surface area contributed by atoms with Gasteiger partial charge in [-0.2, -0.15) is 0 Å². The van der Waals surface area contributed by atoms with Gasteiger partial charge >= 0.3 is 5.69 Å². The number of rotatable bonds is 7. The van der Waals surface area contributed by atoms with Gasteiger partial charge in [0, 0.05) is 12.8 Å². The lowest BCUT2D eigenvalue weighted by Crippen LogP contribution is -2.14. The Hall–Kier alpha value is -3.23. The highest BCUT2D eigenvalue weighted by molar-refractivity contribution is 7.90. The fraction of sp³-hybridized carbons (Fsp3) is 0.143. The monoisotopic (exact) mass is 412 g/mol. The first-order valence-electron chi connectivity index (χ1n) is 8.82. The van der Waals surface area contributed by atoms with E-state index in [1.54, 1.807) is 12.1 Å². The molecule has 29 heavy (non-hydrogen) atoms. The molecular weight excluding hydrogens is 392 g/mol. The first-order chi connectivity index (χ1) is 13.8. The molecule has 0 heterocycles. The van der Waals surface area contributed by atoms with Crippen LogP contribution in [0, 0.1) is 10.1 Å². The van der Waals surface area contributed by atoms with Crippen molar-refractivity contribution in [2.24, 2.45) is 0 Å². The van der Waals surface area contributed by atoms with E-state index in [2.05, 4.69) is 5.32 Å². The Labute approximate surface area is 168 Å². The Balaban J connectivity index is 1.77. The number of benzene rings is 3. The molecule has 0 saturated carbocycles. The zero-order valence-corrected chi connectivity index (χ0v) is 16.5. The van der Waals surface area contributed by atoms with Gasteiger partial charge in [0.1, 0.15) is 10.6 Å². The number of hydrogen-bond acceptors (Lipinski definition) is 6. The Bertz CT molecular complexity index is 1110. The van der Waals surface area contributed by atoms with E-state index >= 15 is 0 Å². The molecule has 0 radical (unpaired) electrons. The Morgan fingerprint density at radius 1 is 0.966 bits per heavy atom. The van der Waals surface area contributed by atoms with Gasteiger partial charge in [0.15, 0.2) is 9.84 Å². The molecule has 0 aliphatic heterocycles. The largest absolute Gasteiger partial charge is 0.387 e. The summed E-state index contributed by atoms with van der Waals surface area (Å²) in [4.78, 5) is 10.3. The number of anilines is 1. The van der Waals surface area contributed by atoms with Crippen molar-refractivity contribution in [3.8, 4) is 11.1 Å². The summed E-state index contributed by atoms with van der Waals surface area (Å²) in [6.45, 7) is -0.0151. The highest BCUT2D eigenvalue weighted by Gasteiger charge is 2.26. The maximum Gasteiger partial charge on any atom is 0.310 e. The second-order valence-electron chi connectivity index (χ2n) is 6.57. The SMILES string of the molecule is CS(=O)(=O)c1cccc(NCC(O)c2ccc(-c3ccccc3)cc2)c1[N+](=O)[O-]. The predicted octanol–water partition coefficient (Wildman–Crippen LogP) is 3.81. The van der Waals surface area contributed by atoms with Crippen LogP contribution in [0.2, 0.25) is 0 Å². The number of aliphatic hydroxyl groups is 1. The van der Waals surface area contributed by atoms with Gasteiger partial charge in [-0.1, -0.05) is 60.7 Å². The number of hydrogen-bond donors (Lipinski definition) is 2. The number of nitro groups is 1. The molecule has 3 rings (SSSR count). The highest BCUT2D eigenvalue weighted by atomic mass is 32.2. The summed E-state index contributed by atoms with van der Waals surface area (Å²) in [6, 6.07) is 21.2. The van der Waals surface area contributed by atoms with E-state index in [0.717, 1.165) is 17.4 Å². The third kappa shape index (κ3) is 4.79. The molecular formula is C21H20N2O5S. The highest BCUT2D eigenvalue weighted by Crippen LogP contribution is 2.32. The van der Waals surface area contributed by atoms with Crippen molar-refractivity contribution in [2.75, 3.05) is 18.1 Å². The van der Waals surface area contributed by atoms with Gasteiger partial charge in [0.05, 0.1) is 11.0 Å². The summed E-state index contributed by atoms with van der Waals surface area (Å²) in [5.74, 6) is 0. The normalized spacial score (nSPS) is 12.3. The summed E-state index contributed by atoms with van der Waals surface area (Å²) in [5, 5.41) is 24.7. The van der Waals surface area contributed by atoms with E-state index in [4.69, 9.17) is 0 Å². The van der Waals surface area contributed by atoms with Crippen LogP contribution in [0.4, 0.5) is 11.4 Å². The standard InChI is InChI=1S/C21H20N2O5S/c1-29(27,28)20-9-5-8-18(21(20)23(25)26)22-14-19(24)17-12-10-16(11-13-17)15-6-3-2-4-7-15/h2-13,19,22,24H,14H2,1H3. The van der Waals surface area contributed by atoms with Crippen molar-refractivity contribution < 1.29 is 18.4 Å². The molecule has 0 amide bonds. The van der Waals surface area contributed by atoms with Gasteiger partial charge in [-0.3, -0.25) is 10.1 Å². The molecule has 0 bridgehead atoms. The average Bonchev–Trinajstić information content (AvgIpc) is 2.71. The fourth-order valence-electron chi connectivity index (χ4n) is 3.01. The second-order valence-corrected chi connectivity index (χ2v) is 8.55. The molecule has 1 unspecified atom stereocenters. The maximum atomic E-state index is 11.8. The number of sulfone groups is 1. The van der Waals surface area contributed by atoms with Crippen LogP contribution in [0.5, 0.6) is 0 Å². The number of aliphatic hydroxyl groups excluding tert-OH is 1. The third-order valence-corrected chi connectivity index (χ3v) is 5.60. The summed E-state index contributed by atoms with van der Waals surface area (Å²) >= 11 is 0. The quantitative estimate of drug-likeness (QED) is 0.451. The smallest absolute Gasteiger partial charge is 0.310 e. The minimum atomic E-state index is -3.77. The summed E-state index contributed by atoms with van der Waals surface area (Å²) in [6.07, 6.45) is -0.0104. The van der Waals surface area contributed by atoms with Crippen LogP contribution >= 0.6 is 0 Å². The first-order valence-corrected chi connectivity index (χ1v) is 10.7. The topological polar surface area (TPSA) is 110 Å². The average molecular weight is 412 g/mol. The van der Waals surface area contributed by atoms with Crippen LogP contribution in [0.3, 0.4) is 0 Å². The van der Waals surface area contributed by atoms with Crippen molar-refractivity contribution in [3.63, 3.8) is 0 Å². The van der Waals surface area contributed by atoms with Crippen LogP contribution in [0.15, 0.2) is 77.7 Å². The van der Waals surface area contributed by atoms with E-state index in [1.165, 1.54) is 18.2 Å². The lowest BCUT2D eigenvalue weighted by atomic mass is 10.0. The van der Waals surface area contributed by atoms with Gasteiger partial charge < -0.3 is 10.4 Å². The molecule has 8 heteroatoms. The molecule has 0 aliphatic carbocycles. The maximum absolute atomic E-state index is 11.8. The lowest BCUT2D eigenvalue weighted by Gasteiger charge is -2.15. The van der Waals surface area contributed by atoms with Crippen molar-refractivity contribution in [2.45, 2.75) is 11.0 Å². The predicted molar refractivity (Wildman–Crippen MR) is 112 cm³/mol. The summed E-state index contributed by atoms with van der Waals surface area (Å²) in [5.41, 5.74) is 2.21. The van der Waals surface area contributed by atoms with Crippen molar-refractivity contribution >= 4 is 21.2 Å². The Kier molecular flexibility index (Phi) is 5.95. The second kappa shape index (κ2) is 8.42. The van der Waals surface area contributed by atoms with Crippen molar-refractivity contribution in [3.05, 3.63) is 88.5 Å². The first kappa shape index (κ1) is 20.5. The molecule has 3 aromatic rings. The molecule has 3 aromatic carbocycles. The van der Waals surface area contributed by atoms with E-state index in [1.807, 2.05) is 42.5 Å². The minimum absolute atomic E-state index is 0.0151. The number of nitrogens with one attached hydrogen (secondary N) is 1. The molecule has 0 spiro atoms. The third-order valence-electron chi connectivity index (χ3n) is 4.47. The zero-order valence-electron chi connectivity index (χ0n) is 15.6. The van der Waals surface area contributed by atoms with E-state index < -0.39 is 26.6 Å². The molecule has 150 valence electrons. The van der Waals surface area contributed by atoms with Crippen molar-refractivity contribution in [1.29, 1.82) is 0 Å². The van der Waals surface area contributed by atoms with Gasteiger partial charge in [0.2, 0.25) is 0 Å². The van der Waals surface area contributed by atoms with Gasteiger partial charge in [-0.25, -0.2) is 8.42 Å². The number of nitro benzene ring substituents is 1. The van der Waals surface area contributed by atoms with Crippen LogP contribution < -0.4 is 5.32 Å². The van der Waals surface area contributed by atoms with E-state index in [0.29, 0.717) is 5.56 Å².